The number of morpholine rings is 1. The maximum absolute atomic E-state index is 15.0. The van der Waals surface area contributed by atoms with Crippen LogP contribution in [-0.2, 0) is 15.9 Å². The van der Waals surface area contributed by atoms with Crippen molar-refractivity contribution < 1.29 is 36.9 Å². The summed E-state index contributed by atoms with van der Waals surface area (Å²) in [7, 11) is 1.18. The molecule has 0 amide bonds. The van der Waals surface area contributed by atoms with Crippen molar-refractivity contribution in [3.8, 4) is 11.3 Å². The Morgan fingerprint density at radius 2 is 2.15 bits per heavy atom. The molecule has 11 heteroatoms. The van der Waals surface area contributed by atoms with E-state index in [4.69, 9.17) is 4.74 Å². The Kier molecular flexibility index (Phi) is 6.37. The van der Waals surface area contributed by atoms with Crippen LogP contribution in [0.4, 0.5) is 17.6 Å². The van der Waals surface area contributed by atoms with Gasteiger partial charge in [-0.15, -0.1) is 0 Å². The Bertz CT molecular complexity index is 1170. The quantitative estimate of drug-likeness (QED) is 0.443. The van der Waals surface area contributed by atoms with E-state index < -0.39 is 24.1 Å². The van der Waals surface area contributed by atoms with E-state index in [0.29, 0.717) is 31.8 Å². The van der Waals surface area contributed by atoms with Crippen LogP contribution >= 0.6 is 0 Å². The summed E-state index contributed by atoms with van der Waals surface area (Å²) < 4.78 is 65.9. The molecular weight excluding hydrogens is 446 g/mol. The van der Waals surface area contributed by atoms with Gasteiger partial charge in [-0.05, 0) is 35.9 Å². The summed E-state index contributed by atoms with van der Waals surface area (Å²) in [6.45, 7) is 1.72. The first-order valence-corrected chi connectivity index (χ1v) is 10.1. The van der Waals surface area contributed by atoms with Crippen LogP contribution in [0.15, 0.2) is 36.5 Å². The molecule has 2 aromatic heterocycles. The Morgan fingerprint density at radius 1 is 1.36 bits per heavy atom. The second kappa shape index (κ2) is 9.08. The maximum Gasteiger partial charge on any atom is 0.418 e. The number of hydrogen-bond acceptors (Lipinski definition) is 6. The summed E-state index contributed by atoms with van der Waals surface area (Å²) in [4.78, 5) is 16.1. The minimum atomic E-state index is -4.84. The monoisotopic (exact) mass is 467 g/mol. The van der Waals surface area contributed by atoms with E-state index in [2.05, 4.69) is 15.0 Å². The van der Waals surface area contributed by atoms with E-state index in [1.54, 1.807) is 4.40 Å². The van der Waals surface area contributed by atoms with Crippen LogP contribution < -0.4 is 5.32 Å². The van der Waals surface area contributed by atoms with Gasteiger partial charge in [0.25, 0.3) is 0 Å². The summed E-state index contributed by atoms with van der Waals surface area (Å²) in [6, 6.07) is 6.04. The number of aliphatic hydroxyl groups excluding tert-OH is 1. The largest absolute Gasteiger partial charge is 0.465 e. The van der Waals surface area contributed by atoms with Crippen LogP contribution in [0.25, 0.3) is 16.9 Å². The molecule has 0 aliphatic carbocycles. The SMILES string of the molecule is COC(=O)c1ccc(-c2nc3cc(C(O)C(F)(F)F)ccn3c2C[C@H]2CNCCO2)c(F)c1. The number of nitrogens with zero attached hydrogens (tertiary/aromatic N) is 2. The highest BCUT2D eigenvalue weighted by Gasteiger charge is 2.39. The number of imidazole rings is 1. The van der Waals surface area contributed by atoms with Crippen molar-refractivity contribution >= 4 is 11.6 Å². The molecular formula is C22H21F4N3O4. The fourth-order valence-electron chi connectivity index (χ4n) is 3.80. The highest BCUT2D eigenvalue weighted by Crippen LogP contribution is 2.34. The number of aliphatic hydroxyl groups is 1. The van der Waals surface area contributed by atoms with Gasteiger partial charge in [0.1, 0.15) is 11.5 Å². The van der Waals surface area contributed by atoms with Crippen LogP contribution in [0.5, 0.6) is 0 Å². The number of alkyl halides is 3. The van der Waals surface area contributed by atoms with Crippen molar-refractivity contribution in [3.05, 3.63) is 59.2 Å². The zero-order valence-corrected chi connectivity index (χ0v) is 17.5. The summed E-state index contributed by atoms with van der Waals surface area (Å²) in [5, 5.41) is 12.8. The van der Waals surface area contributed by atoms with Crippen LogP contribution in [-0.4, -0.2) is 59.5 Å². The number of hydrogen-bond donors (Lipinski definition) is 2. The fourth-order valence-corrected chi connectivity index (χ4v) is 3.80. The van der Waals surface area contributed by atoms with Gasteiger partial charge < -0.3 is 24.3 Å². The summed E-state index contributed by atoms with van der Waals surface area (Å²) >= 11 is 0. The molecule has 1 unspecified atom stereocenters. The van der Waals surface area contributed by atoms with E-state index in [1.807, 2.05) is 0 Å². The van der Waals surface area contributed by atoms with E-state index >= 15 is 0 Å². The molecule has 1 aromatic carbocycles. The predicted molar refractivity (Wildman–Crippen MR) is 109 cm³/mol. The molecule has 0 saturated carbocycles. The smallest absolute Gasteiger partial charge is 0.418 e. The molecule has 0 spiro atoms. The molecule has 1 aliphatic rings. The van der Waals surface area contributed by atoms with E-state index in [9.17, 15) is 27.5 Å². The molecule has 2 N–H and O–H groups in total. The van der Waals surface area contributed by atoms with Crippen molar-refractivity contribution in [3.63, 3.8) is 0 Å². The van der Waals surface area contributed by atoms with Crippen molar-refractivity contribution in [2.24, 2.45) is 0 Å². The molecule has 3 aromatic rings. The molecule has 3 heterocycles. The van der Waals surface area contributed by atoms with Crippen molar-refractivity contribution in [2.75, 3.05) is 26.8 Å². The molecule has 0 bridgehead atoms. The lowest BCUT2D eigenvalue weighted by Gasteiger charge is -2.24. The van der Waals surface area contributed by atoms with Crippen LogP contribution in [0, 0.1) is 5.82 Å². The molecule has 2 atom stereocenters. The highest BCUT2D eigenvalue weighted by molar-refractivity contribution is 5.90. The highest BCUT2D eigenvalue weighted by atomic mass is 19.4. The standard InChI is InChI=1S/C22H21F4N3O4/c1-32-21(31)13-2-3-15(16(23)8-13)19-17(10-14-11-27-5-7-33-14)29-6-4-12(9-18(29)28-19)20(30)22(24,25)26/h2-4,6,8-9,14,20,27,30H,5,7,10-11H2,1H3/t14-,20?/m0/s1. The Hall–Kier alpha value is -3.02. The first kappa shape index (κ1) is 23.1. The molecule has 1 fully saturated rings. The maximum atomic E-state index is 15.0. The van der Waals surface area contributed by atoms with Crippen molar-refractivity contribution in [1.29, 1.82) is 0 Å². The van der Waals surface area contributed by atoms with Gasteiger partial charge in [0, 0.05) is 31.3 Å². The number of carbonyl (C=O) groups is 1. The number of benzene rings is 1. The number of nitrogens with one attached hydrogen (secondary N) is 1. The fraction of sp³-hybridized carbons (Fsp3) is 0.364. The first-order chi connectivity index (χ1) is 15.7. The molecule has 33 heavy (non-hydrogen) atoms. The number of halogens is 4. The Labute approximate surface area is 185 Å². The van der Waals surface area contributed by atoms with Gasteiger partial charge in [0.15, 0.2) is 6.10 Å². The summed E-state index contributed by atoms with van der Waals surface area (Å²) in [5.74, 6) is -1.44. The molecule has 7 nitrogen and oxygen atoms in total. The third-order valence-corrected chi connectivity index (χ3v) is 5.45. The van der Waals surface area contributed by atoms with Gasteiger partial charge in [-0.25, -0.2) is 14.2 Å². The number of rotatable bonds is 5. The zero-order valence-electron chi connectivity index (χ0n) is 17.5. The number of fused-ring (bicyclic) bond motifs is 1. The normalized spacial score (nSPS) is 17.8. The molecule has 1 saturated heterocycles. The number of aromatic nitrogens is 2. The van der Waals surface area contributed by atoms with Gasteiger partial charge in [-0.2, -0.15) is 13.2 Å². The molecule has 4 rings (SSSR count). The van der Waals surface area contributed by atoms with E-state index in [1.165, 1.54) is 25.4 Å². The van der Waals surface area contributed by atoms with Crippen LogP contribution in [0.3, 0.4) is 0 Å². The molecule has 1 aliphatic heterocycles. The zero-order chi connectivity index (χ0) is 23.8. The molecule has 176 valence electrons. The summed E-state index contributed by atoms with van der Waals surface area (Å²) in [5.41, 5.74) is 0.548. The Morgan fingerprint density at radius 3 is 2.79 bits per heavy atom. The van der Waals surface area contributed by atoms with E-state index in [0.717, 1.165) is 18.2 Å². The van der Waals surface area contributed by atoms with Gasteiger partial charge in [-0.1, -0.05) is 0 Å². The number of esters is 1. The van der Waals surface area contributed by atoms with Gasteiger partial charge in [0.2, 0.25) is 0 Å². The third-order valence-electron chi connectivity index (χ3n) is 5.45. The van der Waals surface area contributed by atoms with Crippen LogP contribution in [0.1, 0.15) is 27.7 Å². The second-order valence-electron chi connectivity index (χ2n) is 7.63. The van der Waals surface area contributed by atoms with Gasteiger partial charge in [0.05, 0.1) is 36.8 Å². The third kappa shape index (κ3) is 4.70. The first-order valence-electron chi connectivity index (χ1n) is 10.1. The second-order valence-corrected chi connectivity index (χ2v) is 7.63. The Balaban J connectivity index is 1.82. The van der Waals surface area contributed by atoms with Crippen molar-refractivity contribution in [2.45, 2.75) is 24.8 Å². The average Bonchev–Trinajstić information content (AvgIpc) is 3.15. The number of pyridine rings is 1. The minimum Gasteiger partial charge on any atom is -0.465 e. The predicted octanol–water partition coefficient (Wildman–Crippen LogP) is 3.05. The van der Waals surface area contributed by atoms with Gasteiger partial charge >= 0.3 is 12.1 Å². The number of carbonyl (C=O) groups excluding carboxylic acids is 1. The topological polar surface area (TPSA) is 85.1 Å². The lowest BCUT2D eigenvalue weighted by molar-refractivity contribution is -0.206. The number of ether oxygens (including phenoxy) is 2. The minimum absolute atomic E-state index is 0.0134. The average molecular weight is 467 g/mol. The molecule has 0 radical (unpaired) electrons. The van der Waals surface area contributed by atoms with Crippen molar-refractivity contribution in [1.82, 2.24) is 14.7 Å². The van der Waals surface area contributed by atoms with Gasteiger partial charge in [-0.3, -0.25) is 0 Å². The van der Waals surface area contributed by atoms with Crippen LogP contribution in [0.2, 0.25) is 0 Å². The lowest BCUT2D eigenvalue weighted by Crippen LogP contribution is -2.39. The number of methoxy groups -OCH3 is 1. The lowest BCUT2D eigenvalue weighted by atomic mass is 10.0. The van der Waals surface area contributed by atoms with E-state index in [-0.39, 0.29) is 34.1 Å². The summed E-state index contributed by atoms with van der Waals surface area (Å²) in [6.07, 6.45) is -6.09.